The van der Waals surface area contributed by atoms with Gasteiger partial charge in [0.25, 0.3) is 0 Å². The molecule has 0 bridgehead atoms. The summed E-state index contributed by atoms with van der Waals surface area (Å²) in [6.45, 7) is 8.05. The highest BCUT2D eigenvalue weighted by Gasteiger charge is 2.07. The van der Waals surface area contributed by atoms with Gasteiger partial charge in [0.15, 0.2) is 0 Å². The quantitative estimate of drug-likeness (QED) is 0.782. The molecule has 1 atom stereocenters. The molecule has 0 aliphatic rings. The van der Waals surface area contributed by atoms with Gasteiger partial charge >= 0.3 is 0 Å². The van der Waals surface area contributed by atoms with Crippen molar-refractivity contribution in [3.05, 3.63) is 12.3 Å². The molecule has 86 valence electrons. The minimum Gasteiger partial charge on any atom is -0.383 e. The molecule has 1 aromatic rings. The van der Waals surface area contributed by atoms with Gasteiger partial charge in [-0.1, -0.05) is 13.8 Å². The monoisotopic (exact) mass is 211 g/mol. The summed E-state index contributed by atoms with van der Waals surface area (Å²) in [5, 5.41) is 7.76. The largest absolute Gasteiger partial charge is 0.383 e. The van der Waals surface area contributed by atoms with E-state index in [9.17, 15) is 0 Å². The van der Waals surface area contributed by atoms with Gasteiger partial charge in [0, 0.05) is 25.4 Å². The maximum absolute atomic E-state index is 4.99. The SMILES string of the molecule is COCCn1ccc(NC(C)C(C)C)n1. The molecule has 1 unspecified atom stereocenters. The summed E-state index contributed by atoms with van der Waals surface area (Å²) >= 11 is 0. The van der Waals surface area contributed by atoms with E-state index in [-0.39, 0.29) is 0 Å². The zero-order valence-electron chi connectivity index (χ0n) is 10.0. The first kappa shape index (κ1) is 12.0. The van der Waals surface area contributed by atoms with Crippen LogP contribution in [-0.4, -0.2) is 29.5 Å². The van der Waals surface area contributed by atoms with E-state index in [1.54, 1.807) is 7.11 Å². The zero-order valence-corrected chi connectivity index (χ0v) is 10.0. The summed E-state index contributed by atoms with van der Waals surface area (Å²) in [5.41, 5.74) is 0. The van der Waals surface area contributed by atoms with Crippen LogP contribution in [0, 0.1) is 5.92 Å². The third kappa shape index (κ3) is 3.91. The lowest BCUT2D eigenvalue weighted by Crippen LogP contribution is -2.21. The third-order valence-corrected chi connectivity index (χ3v) is 2.54. The summed E-state index contributed by atoms with van der Waals surface area (Å²) in [7, 11) is 1.70. The summed E-state index contributed by atoms with van der Waals surface area (Å²) in [6, 6.07) is 2.44. The summed E-state index contributed by atoms with van der Waals surface area (Å²) < 4.78 is 6.88. The van der Waals surface area contributed by atoms with Gasteiger partial charge in [0.1, 0.15) is 5.82 Å². The number of ether oxygens (including phenoxy) is 1. The summed E-state index contributed by atoms with van der Waals surface area (Å²) in [5.74, 6) is 1.54. The lowest BCUT2D eigenvalue weighted by Gasteiger charge is -2.16. The zero-order chi connectivity index (χ0) is 11.3. The molecule has 15 heavy (non-hydrogen) atoms. The first-order chi connectivity index (χ1) is 7.13. The highest BCUT2D eigenvalue weighted by Crippen LogP contribution is 2.09. The molecule has 0 spiro atoms. The predicted molar refractivity (Wildman–Crippen MR) is 62.0 cm³/mol. The van der Waals surface area contributed by atoms with E-state index < -0.39 is 0 Å². The second-order valence-electron chi connectivity index (χ2n) is 4.13. The van der Waals surface area contributed by atoms with Crippen LogP contribution in [0.1, 0.15) is 20.8 Å². The highest BCUT2D eigenvalue weighted by molar-refractivity contribution is 5.33. The maximum atomic E-state index is 4.99. The van der Waals surface area contributed by atoms with Crippen LogP contribution in [0.15, 0.2) is 12.3 Å². The van der Waals surface area contributed by atoms with Gasteiger partial charge in [-0.2, -0.15) is 5.10 Å². The Bertz CT molecular complexity index is 283. The van der Waals surface area contributed by atoms with Gasteiger partial charge in [-0.15, -0.1) is 0 Å². The first-order valence-corrected chi connectivity index (χ1v) is 5.42. The van der Waals surface area contributed by atoms with Crippen LogP contribution in [0.3, 0.4) is 0 Å². The molecule has 1 rings (SSSR count). The van der Waals surface area contributed by atoms with Crippen LogP contribution in [-0.2, 0) is 11.3 Å². The van der Waals surface area contributed by atoms with E-state index in [1.165, 1.54) is 0 Å². The Balaban J connectivity index is 2.45. The molecule has 0 saturated heterocycles. The molecule has 1 heterocycles. The highest BCUT2D eigenvalue weighted by atomic mass is 16.5. The van der Waals surface area contributed by atoms with Crippen molar-refractivity contribution in [3.8, 4) is 0 Å². The fraction of sp³-hybridized carbons (Fsp3) is 0.727. The Hall–Kier alpha value is -1.03. The molecule has 1 N–H and O–H groups in total. The summed E-state index contributed by atoms with van der Waals surface area (Å²) in [4.78, 5) is 0. The van der Waals surface area contributed by atoms with Gasteiger partial charge < -0.3 is 10.1 Å². The molecule has 0 aliphatic heterocycles. The van der Waals surface area contributed by atoms with E-state index in [2.05, 4.69) is 31.2 Å². The van der Waals surface area contributed by atoms with Crippen molar-refractivity contribution in [3.63, 3.8) is 0 Å². The van der Waals surface area contributed by atoms with E-state index in [0.717, 1.165) is 12.4 Å². The summed E-state index contributed by atoms with van der Waals surface area (Å²) in [6.07, 6.45) is 1.97. The van der Waals surface area contributed by atoms with Crippen molar-refractivity contribution in [2.45, 2.75) is 33.4 Å². The second kappa shape index (κ2) is 5.75. The van der Waals surface area contributed by atoms with Gasteiger partial charge in [0.05, 0.1) is 13.2 Å². The minimum atomic E-state index is 0.441. The average molecular weight is 211 g/mol. The third-order valence-electron chi connectivity index (χ3n) is 2.54. The van der Waals surface area contributed by atoms with Crippen LogP contribution in [0.4, 0.5) is 5.82 Å². The van der Waals surface area contributed by atoms with Crippen molar-refractivity contribution >= 4 is 5.82 Å². The average Bonchev–Trinajstić information content (AvgIpc) is 2.62. The van der Waals surface area contributed by atoms with Crippen molar-refractivity contribution in [2.24, 2.45) is 5.92 Å². The topological polar surface area (TPSA) is 39.1 Å². The van der Waals surface area contributed by atoms with E-state index in [1.807, 2.05) is 16.9 Å². The standard InChI is InChI=1S/C11H21N3O/c1-9(2)10(3)12-11-5-6-14(13-11)7-8-15-4/h5-6,9-10H,7-8H2,1-4H3,(H,12,13). The van der Waals surface area contributed by atoms with Crippen LogP contribution in [0.5, 0.6) is 0 Å². The van der Waals surface area contributed by atoms with Gasteiger partial charge in [-0.05, 0) is 12.8 Å². The number of anilines is 1. The molecule has 0 fully saturated rings. The molecule has 0 aromatic carbocycles. The maximum Gasteiger partial charge on any atom is 0.148 e. The predicted octanol–water partition coefficient (Wildman–Crippen LogP) is 1.99. The minimum absolute atomic E-state index is 0.441. The van der Waals surface area contributed by atoms with E-state index >= 15 is 0 Å². The Morgan fingerprint density at radius 1 is 1.47 bits per heavy atom. The van der Waals surface area contributed by atoms with Gasteiger partial charge in [-0.3, -0.25) is 4.68 Å². The molecular formula is C11H21N3O. The lowest BCUT2D eigenvalue weighted by atomic mass is 10.1. The second-order valence-corrected chi connectivity index (χ2v) is 4.13. The Morgan fingerprint density at radius 3 is 2.80 bits per heavy atom. The number of aromatic nitrogens is 2. The Morgan fingerprint density at radius 2 is 2.20 bits per heavy atom. The van der Waals surface area contributed by atoms with Crippen molar-refractivity contribution < 1.29 is 4.74 Å². The lowest BCUT2D eigenvalue weighted by molar-refractivity contribution is 0.183. The number of nitrogens with one attached hydrogen (secondary N) is 1. The Labute approximate surface area is 91.6 Å². The number of hydrogen-bond acceptors (Lipinski definition) is 3. The fourth-order valence-electron chi connectivity index (χ4n) is 1.15. The number of nitrogens with zero attached hydrogens (tertiary/aromatic N) is 2. The molecule has 0 aliphatic carbocycles. The van der Waals surface area contributed by atoms with E-state index in [4.69, 9.17) is 4.74 Å². The fourth-order valence-corrected chi connectivity index (χ4v) is 1.15. The van der Waals surface area contributed by atoms with Gasteiger partial charge in [-0.25, -0.2) is 0 Å². The molecule has 0 saturated carbocycles. The molecule has 0 radical (unpaired) electrons. The normalized spacial score (nSPS) is 13.1. The molecule has 4 nitrogen and oxygen atoms in total. The van der Waals surface area contributed by atoms with Crippen LogP contribution in [0.2, 0.25) is 0 Å². The van der Waals surface area contributed by atoms with Gasteiger partial charge in [0.2, 0.25) is 0 Å². The molecule has 0 amide bonds. The number of methoxy groups -OCH3 is 1. The van der Waals surface area contributed by atoms with Crippen LogP contribution in [0.25, 0.3) is 0 Å². The molecular weight excluding hydrogens is 190 g/mol. The van der Waals surface area contributed by atoms with Crippen LogP contribution < -0.4 is 5.32 Å². The van der Waals surface area contributed by atoms with Crippen molar-refractivity contribution in [1.82, 2.24) is 9.78 Å². The smallest absolute Gasteiger partial charge is 0.148 e. The number of rotatable bonds is 6. The van der Waals surface area contributed by atoms with Crippen molar-refractivity contribution in [2.75, 3.05) is 19.0 Å². The molecule has 4 heteroatoms. The Kier molecular flexibility index (Phi) is 4.62. The van der Waals surface area contributed by atoms with Crippen LogP contribution >= 0.6 is 0 Å². The van der Waals surface area contributed by atoms with Crippen molar-refractivity contribution in [1.29, 1.82) is 0 Å². The molecule has 1 aromatic heterocycles. The van der Waals surface area contributed by atoms with E-state index in [0.29, 0.717) is 18.6 Å². The first-order valence-electron chi connectivity index (χ1n) is 5.42. The number of hydrogen-bond donors (Lipinski definition) is 1.